The maximum Gasteiger partial charge on any atom is 0.290 e. The predicted molar refractivity (Wildman–Crippen MR) is 111 cm³/mol. The van der Waals surface area contributed by atoms with Crippen LogP contribution in [0.25, 0.3) is 0 Å². The summed E-state index contributed by atoms with van der Waals surface area (Å²) in [5, 5.41) is 10.6. The zero-order chi connectivity index (χ0) is 20.8. The van der Waals surface area contributed by atoms with Crippen LogP contribution in [0.5, 0.6) is 0 Å². The SMILES string of the molecule is CN(C)CCCN1C(=O)C(O)=C(C(=O)CCc2ccccc2)C1c1ccncc1. The largest absolute Gasteiger partial charge is 0.503 e. The van der Waals surface area contributed by atoms with Crippen LogP contribution in [0.3, 0.4) is 0 Å². The number of hydrogen-bond acceptors (Lipinski definition) is 5. The second-order valence-electron chi connectivity index (χ2n) is 7.51. The molecule has 0 radical (unpaired) electrons. The number of nitrogens with zero attached hydrogens (tertiary/aromatic N) is 3. The Morgan fingerprint density at radius 2 is 1.83 bits per heavy atom. The number of benzene rings is 1. The fourth-order valence-corrected chi connectivity index (χ4v) is 3.66. The molecule has 3 rings (SSSR count). The number of carbonyl (C=O) groups excluding carboxylic acids is 2. The first kappa shape index (κ1) is 20.7. The average Bonchev–Trinajstić information content (AvgIpc) is 2.98. The molecule has 29 heavy (non-hydrogen) atoms. The van der Waals surface area contributed by atoms with E-state index in [4.69, 9.17) is 0 Å². The molecule has 0 saturated heterocycles. The van der Waals surface area contributed by atoms with Gasteiger partial charge in [-0.1, -0.05) is 30.3 Å². The van der Waals surface area contributed by atoms with Gasteiger partial charge in [0.15, 0.2) is 11.5 Å². The van der Waals surface area contributed by atoms with Crippen LogP contribution in [0.1, 0.15) is 30.0 Å². The number of pyridine rings is 1. The summed E-state index contributed by atoms with van der Waals surface area (Å²) in [4.78, 5) is 33.5. The summed E-state index contributed by atoms with van der Waals surface area (Å²) >= 11 is 0. The summed E-state index contributed by atoms with van der Waals surface area (Å²) in [5.74, 6) is -1.10. The fourth-order valence-electron chi connectivity index (χ4n) is 3.66. The molecule has 1 aliphatic heterocycles. The van der Waals surface area contributed by atoms with Gasteiger partial charge < -0.3 is 14.9 Å². The predicted octanol–water partition coefficient (Wildman–Crippen LogP) is 2.93. The maximum absolute atomic E-state index is 13.1. The van der Waals surface area contributed by atoms with Crippen LogP contribution < -0.4 is 0 Å². The van der Waals surface area contributed by atoms with Gasteiger partial charge in [-0.2, -0.15) is 0 Å². The number of aryl methyl sites for hydroxylation is 1. The molecule has 1 N–H and O–H groups in total. The summed E-state index contributed by atoms with van der Waals surface area (Å²) in [7, 11) is 3.95. The smallest absolute Gasteiger partial charge is 0.290 e. The van der Waals surface area contributed by atoms with E-state index in [-0.39, 0.29) is 17.8 Å². The maximum atomic E-state index is 13.1. The Hall–Kier alpha value is -2.99. The first-order valence-electron chi connectivity index (χ1n) is 9.85. The molecule has 1 aliphatic rings. The zero-order valence-electron chi connectivity index (χ0n) is 16.9. The van der Waals surface area contributed by atoms with Crippen molar-refractivity contribution < 1.29 is 14.7 Å². The van der Waals surface area contributed by atoms with Crippen molar-refractivity contribution in [3.05, 3.63) is 77.3 Å². The van der Waals surface area contributed by atoms with Crippen LogP contribution in [0.2, 0.25) is 0 Å². The highest BCUT2D eigenvalue weighted by Gasteiger charge is 2.42. The molecule has 6 heteroatoms. The minimum absolute atomic E-state index is 0.196. The highest BCUT2D eigenvalue weighted by Crippen LogP contribution is 2.38. The highest BCUT2D eigenvalue weighted by molar-refractivity contribution is 6.09. The molecule has 2 aromatic rings. The van der Waals surface area contributed by atoms with Gasteiger partial charge in [0.25, 0.3) is 5.91 Å². The Bertz CT molecular complexity index is 879. The Labute approximate surface area is 171 Å². The van der Waals surface area contributed by atoms with E-state index >= 15 is 0 Å². The van der Waals surface area contributed by atoms with Gasteiger partial charge in [-0.3, -0.25) is 14.6 Å². The van der Waals surface area contributed by atoms with Crippen LogP contribution >= 0.6 is 0 Å². The van der Waals surface area contributed by atoms with Crippen molar-refractivity contribution in [2.24, 2.45) is 0 Å². The van der Waals surface area contributed by atoms with Gasteiger partial charge >= 0.3 is 0 Å². The molecule has 152 valence electrons. The van der Waals surface area contributed by atoms with Crippen molar-refractivity contribution in [1.29, 1.82) is 0 Å². The molecule has 1 aromatic heterocycles. The molecular weight excluding hydrogens is 366 g/mol. The van der Waals surface area contributed by atoms with Gasteiger partial charge in [0.2, 0.25) is 0 Å². The van der Waals surface area contributed by atoms with Crippen LogP contribution in [0, 0.1) is 0 Å². The van der Waals surface area contributed by atoms with E-state index in [1.165, 1.54) is 0 Å². The van der Waals surface area contributed by atoms with Crippen LogP contribution in [-0.4, -0.2) is 58.8 Å². The Morgan fingerprint density at radius 3 is 2.48 bits per heavy atom. The standard InChI is InChI=1S/C23H27N3O3/c1-25(2)15-6-16-26-21(18-11-13-24-14-12-18)20(22(28)23(26)29)19(27)10-9-17-7-4-3-5-8-17/h3-5,7-8,11-14,21,28H,6,9-10,15-16H2,1-2H3. The summed E-state index contributed by atoms with van der Waals surface area (Å²) in [5.41, 5.74) is 2.03. The lowest BCUT2D eigenvalue weighted by Crippen LogP contribution is -2.33. The first-order chi connectivity index (χ1) is 14.0. The monoisotopic (exact) mass is 393 g/mol. The third-order valence-electron chi connectivity index (χ3n) is 5.11. The third kappa shape index (κ3) is 4.90. The second kappa shape index (κ2) is 9.47. The minimum atomic E-state index is -0.573. The van der Waals surface area contributed by atoms with Gasteiger partial charge in [-0.05, 0) is 56.7 Å². The molecule has 1 unspecified atom stereocenters. The number of amides is 1. The van der Waals surface area contributed by atoms with Crippen LogP contribution in [-0.2, 0) is 16.0 Å². The molecule has 0 bridgehead atoms. The number of aromatic nitrogens is 1. The van der Waals surface area contributed by atoms with Crippen molar-refractivity contribution in [3.8, 4) is 0 Å². The quantitative estimate of drug-likeness (QED) is 0.709. The number of ketones is 1. The molecule has 6 nitrogen and oxygen atoms in total. The number of Topliss-reactive ketones (excluding diaryl/α,β-unsaturated/α-hetero) is 1. The fraction of sp³-hybridized carbons (Fsp3) is 0.348. The molecule has 0 saturated carbocycles. The minimum Gasteiger partial charge on any atom is -0.503 e. The average molecular weight is 393 g/mol. The van der Waals surface area contributed by atoms with Crippen LogP contribution in [0.15, 0.2) is 66.2 Å². The van der Waals surface area contributed by atoms with Gasteiger partial charge in [-0.25, -0.2) is 0 Å². The highest BCUT2D eigenvalue weighted by atomic mass is 16.3. The molecule has 1 aromatic carbocycles. The van der Waals surface area contributed by atoms with E-state index in [9.17, 15) is 14.7 Å². The van der Waals surface area contributed by atoms with E-state index in [0.29, 0.717) is 13.0 Å². The molecule has 2 heterocycles. The van der Waals surface area contributed by atoms with E-state index in [2.05, 4.69) is 4.98 Å². The van der Waals surface area contributed by atoms with Gasteiger partial charge in [0.1, 0.15) is 0 Å². The van der Waals surface area contributed by atoms with Crippen molar-refractivity contribution in [1.82, 2.24) is 14.8 Å². The Morgan fingerprint density at radius 1 is 1.14 bits per heavy atom. The lowest BCUT2D eigenvalue weighted by Gasteiger charge is -2.27. The Kier molecular flexibility index (Phi) is 6.77. The van der Waals surface area contributed by atoms with Gasteiger partial charge in [0, 0.05) is 25.4 Å². The van der Waals surface area contributed by atoms with Crippen molar-refractivity contribution in [3.63, 3.8) is 0 Å². The van der Waals surface area contributed by atoms with Crippen molar-refractivity contribution in [2.45, 2.75) is 25.3 Å². The summed E-state index contributed by atoms with van der Waals surface area (Å²) in [6.45, 7) is 1.27. The third-order valence-corrected chi connectivity index (χ3v) is 5.11. The number of carbonyl (C=O) groups is 2. The Balaban J connectivity index is 1.84. The topological polar surface area (TPSA) is 73.7 Å². The summed E-state index contributed by atoms with van der Waals surface area (Å²) in [6.07, 6.45) is 4.83. The molecule has 0 aliphatic carbocycles. The zero-order valence-corrected chi connectivity index (χ0v) is 16.9. The molecule has 0 spiro atoms. The van der Waals surface area contributed by atoms with Gasteiger partial charge in [0.05, 0.1) is 11.6 Å². The normalized spacial score (nSPS) is 16.7. The van der Waals surface area contributed by atoms with Crippen LogP contribution in [0.4, 0.5) is 0 Å². The van der Waals surface area contributed by atoms with E-state index in [0.717, 1.165) is 24.1 Å². The van der Waals surface area contributed by atoms with Gasteiger partial charge in [-0.15, -0.1) is 0 Å². The summed E-state index contributed by atoms with van der Waals surface area (Å²) in [6, 6.07) is 12.7. The van der Waals surface area contributed by atoms with Crippen molar-refractivity contribution >= 4 is 11.7 Å². The first-order valence-corrected chi connectivity index (χ1v) is 9.85. The number of aliphatic hydroxyl groups is 1. The summed E-state index contributed by atoms with van der Waals surface area (Å²) < 4.78 is 0. The molecule has 1 atom stereocenters. The number of aliphatic hydroxyl groups excluding tert-OH is 1. The molecular formula is C23H27N3O3. The number of rotatable bonds is 9. The molecule has 0 fully saturated rings. The van der Waals surface area contributed by atoms with E-state index < -0.39 is 17.7 Å². The lowest BCUT2D eigenvalue weighted by molar-refractivity contribution is -0.129. The lowest BCUT2D eigenvalue weighted by atomic mass is 9.93. The number of hydrogen-bond donors (Lipinski definition) is 1. The van der Waals surface area contributed by atoms with E-state index in [1.807, 2.05) is 49.3 Å². The van der Waals surface area contributed by atoms with E-state index in [1.54, 1.807) is 29.4 Å². The van der Waals surface area contributed by atoms with Crippen molar-refractivity contribution in [2.75, 3.05) is 27.2 Å². The molecule has 1 amide bonds. The second-order valence-corrected chi connectivity index (χ2v) is 7.51.